The molecule has 0 aromatic carbocycles. The van der Waals surface area contributed by atoms with Crippen LogP contribution in [0.4, 0.5) is 0 Å². The van der Waals surface area contributed by atoms with Gasteiger partial charge in [0.2, 0.25) is 0 Å². The number of carbonyl (C=O) groups is 3. The van der Waals surface area contributed by atoms with Crippen molar-refractivity contribution in [3.05, 3.63) is 11.8 Å². The van der Waals surface area contributed by atoms with Gasteiger partial charge in [-0.05, 0) is 44.6 Å². The predicted molar refractivity (Wildman–Crippen MR) is 93.0 cm³/mol. The van der Waals surface area contributed by atoms with Gasteiger partial charge in [-0.25, -0.2) is 0 Å². The Hall–Kier alpha value is -2.38. The maximum atomic E-state index is 12.6. The first-order valence-electron chi connectivity index (χ1n) is 8.44. The van der Waals surface area contributed by atoms with Gasteiger partial charge in [-0.2, -0.15) is 0 Å². The molecule has 0 unspecified atom stereocenters. The highest BCUT2D eigenvalue weighted by Gasteiger charge is 2.49. The van der Waals surface area contributed by atoms with Gasteiger partial charge in [0.15, 0.2) is 5.76 Å². The number of amides is 3. The van der Waals surface area contributed by atoms with Crippen LogP contribution in [0.1, 0.15) is 32.6 Å². The highest BCUT2D eigenvalue weighted by atomic mass is 16.3. The summed E-state index contributed by atoms with van der Waals surface area (Å²) in [4.78, 5) is 43.9. The molecule has 1 aliphatic carbocycles. The molecule has 2 aliphatic heterocycles. The number of allylic oxidation sites excluding steroid dienone is 1. The van der Waals surface area contributed by atoms with Crippen LogP contribution in [0.2, 0.25) is 0 Å². The van der Waals surface area contributed by atoms with Crippen LogP contribution in [0.15, 0.2) is 16.8 Å². The van der Waals surface area contributed by atoms with Crippen LogP contribution in [-0.4, -0.2) is 71.7 Å². The molecule has 2 bridgehead atoms. The van der Waals surface area contributed by atoms with Crippen LogP contribution >= 0.6 is 0 Å². The fourth-order valence-electron chi connectivity index (χ4n) is 3.61. The Labute approximate surface area is 147 Å². The summed E-state index contributed by atoms with van der Waals surface area (Å²) in [5, 5.41) is 12.7. The lowest BCUT2D eigenvalue weighted by Gasteiger charge is -2.38. The first kappa shape index (κ1) is 19.0. The fraction of sp³-hybridized carbons (Fsp3) is 0.647. The van der Waals surface area contributed by atoms with Crippen LogP contribution in [0.3, 0.4) is 0 Å². The molecule has 0 radical (unpaired) electrons. The number of hydrogen-bond acceptors (Lipinski definition) is 5. The van der Waals surface area contributed by atoms with Crippen molar-refractivity contribution in [2.24, 2.45) is 10.9 Å². The summed E-state index contributed by atoms with van der Waals surface area (Å²) in [7, 11) is 4.58. The zero-order valence-corrected chi connectivity index (χ0v) is 15.2. The molecule has 138 valence electrons. The maximum Gasteiger partial charge on any atom is 0.311 e. The van der Waals surface area contributed by atoms with Gasteiger partial charge in [-0.1, -0.05) is 0 Å². The van der Waals surface area contributed by atoms with Crippen LogP contribution in [0.5, 0.6) is 0 Å². The normalized spacial score (nSPS) is 27.8. The summed E-state index contributed by atoms with van der Waals surface area (Å²) in [6, 6.07) is 0. The zero-order valence-electron chi connectivity index (χ0n) is 15.2. The Morgan fingerprint density at radius 1 is 1.32 bits per heavy atom. The fourth-order valence-corrected chi connectivity index (χ4v) is 3.61. The number of amidine groups is 1. The number of nitrogens with one attached hydrogen (secondary N) is 1. The number of carbonyl (C=O) groups excluding carboxylic acids is 3. The number of rotatable bonds is 2. The Kier molecular flexibility index (Phi) is 5.49. The van der Waals surface area contributed by atoms with Crippen molar-refractivity contribution < 1.29 is 19.5 Å². The number of nitrogens with zero attached hydrogens (tertiary/aromatic N) is 3. The van der Waals surface area contributed by atoms with Gasteiger partial charge < -0.3 is 15.3 Å². The predicted octanol–water partition coefficient (Wildman–Crippen LogP) is 0.452. The van der Waals surface area contributed by atoms with E-state index >= 15 is 0 Å². The topological polar surface area (TPSA) is 102 Å². The molecule has 0 atom stereocenters. The third kappa shape index (κ3) is 3.52. The largest absolute Gasteiger partial charge is 0.503 e. The number of aliphatic imine (C=N–C) groups is 1. The highest BCUT2D eigenvalue weighted by molar-refractivity contribution is 6.35. The van der Waals surface area contributed by atoms with E-state index in [0.717, 1.165) is 12.8 Å². The van der Waals surface area contributed by atoms with E-state index in [2.05, 4.69) is 10.3 Å². The second-order valence-electron chi connectivity index (χ2n) is 6.82. The molecule has 0 aromatic rings. The molecule has 2 heterocycles. The summed E-state index contributed by atoms with van der Waals surface area (Å²) in [5.41, 5.74) is -0.867. The molecule has 25 heavy (non-hydrogen) atoms. The average molecular weight is 350 g/mol. The van der Waals surface area contributed by atoms with Crippen LogP contribution in [0, 0.1) is 5.92 Å². The number of fused-ring (bicyclic) bond motifs is 4. The van der Waals surface area contributed by atoms with Gasteiger partial charge in [-0.15, -0.1) is 0 Å². The van der Waals surface area contributed by atoms with Crippen molar-refractivity contribution in [2.75, 3.05) is 27.7 Å². The molecule has 1 saturated carbocycles. The van der Waals surface area contributed by atoms with Gasteiger partial charge in [0.05, 0.1) is 5.54 Å². The van der Waals surface area contributed by atoms with Gasteiger partial charge in [-0.3, -0.25) is 24.3 Å². The van der Waals surface area contributed by atoms with Crippen molar-refractivity contribution >= 4 is 23.6 Å². The first-order chi connectivity index (χ1) is 11.8. The van der Waals surface area contributed by atoms with E-state index in [9.17, 15) is 19.5 Å². The summed E-state index contributed by atoms with van der Waals surface area (Å²) in [5.74, 6) is -1.56. The smallest absolute Gasteiger partial charge is 0.311 e. The summed E-state index contributed by atoms with van der Waals surface area (Å²) < 4.78 is 0. The van der Waals surface area contributed by atoms with Crippen molar-refractivity contribution in [3.63, 3.8) is 0 Å². The van der Waals surface area contributed by atoms with E-state index in [1.165, 1.54) is 30.0 Å². The molecule has 2 N–H and O–H groups in total. The molecular weight excluding hydrogens is 324 g/mol. The minimum atomic E-state index is -0.867. The third-order valence-electron chi connectivity index (χ3n) is 4.99. The number of aliphatic hydroxyl groups is 1. The van der Waals surface area contributed by atoms with Crippen LogP contribution in [0.25, 0.3) is 0 Å². The molecule has 8 heteroatoms. The minimum Gasteiger partial charge on any atom is -0.503 e. The lowest BCUT2D eigenvalue weighted by atomic mass is 9.77. The summed E-state index contributed by atoms with van der Waals surface area (Å²) in [6.45, 7) is 2.03. The number of aliphatic hydroxyl groups excluding tert-OH is 1. The third-order valence-corrected chi connectivity index (χ3v) is 4.99. The van der Waals surface area contributed by atoms with Gasteiger partial charge in [0.25, 0.3) is 5.91 Å². The van der Waals surface area contributed by atoms with Crippen molar-refractivity contribution in [1.82, 2.24) is 15.1 Å². The van der Waals surface area contributed by atoms with Crippen molar-refractivity contribution in [3.8, 4) is 0 Å². The number of likely N-dealkylation sites (N-methyl/N-ethyl adjacent to an activating group) is 1. The molecule has 0 spiro atoms. The summed E-state index contributed by atoms with van der Waals surface area (Å²) in [6.07, 6.45) is 4.18. The molecular formula is C17H26N4O4. The molecule has 2 saturated heterocycles. The summed E-state index contributed by atoms with van der Waals surface area (Å²) >= 11 is 0. The van der Waals surface area contributed by atoms with E-state index < -0.39 is 23.3 Å². The Bertz CT molecular complexity index is 631. The lowest BCUT2D eigenvalue weighted by molar-refractivity contribution is -0.145. The van der Waals surface area contributed by atoms with E-state index in [1.54, 1.807) is 14.0 Å². The minimum absolute atomic E-state index is 0.280. The molecule has 3 aliphatic rings. The Balaban J connectivity index is 2.39. The molecule has 3 rings (SSSR count). The monoisotopic (exact) mass is 350 g/mol. The van der Waals surface area contributed by atoms with Crippen LogP contribution < -0.4 is 5.32 Å². The van der Waals surface area contributed by atoms with Gasteiger partial charge >= 0.3 is 11.8 Å². The maximum absolute atomic E-state index is 12.6. The second kappa shape index (κ2) is 7.25. The van der Waals surface area contributed by atoms with Crippen molar-refractivity contribution in [2.45, 2.75) is 38.1 Å². The Morgan fingerprint density at radius 3 is 2.40 bits per heavy atom. The van der Waals surface area contributed by atoms with E-state index in [-0.39, 0.29) is 11.7 Å². The van der Waals surface area contributed by atoms with Crippen LogP contribution in [-0.2, 0) is 14.4 Å². The molecule has 3 fully saturated rings. The molecule has 3 amide bonds. The van der Waals surface area contributed by atoms with E-state index in [0.29, 0.717) is 25.2 Å². The second-order valence-corrected chi connectivity index (χ2v) is 6.82. The lowest BCUT2D eigenvalue weighted by Crippen LogP contribution is -2.61. The van der Waals surface area contributed by atoms with E-state index in [4.69, 9.17) is 0 Å². The van der Waals surface area contributed by atoms with Gasteiger partial charge in [0, 0.05) is 27.7 Å². The van der Waals surface area contributed by atoms with Gasteiger partial charge in [0.1, 0.15) is 5.84 Å². The highest BCUT2D eigenvalue weighted by Crippen LogP contribution is 2.39. The quantitative estimate of drug-likeness (QED) is 0.429. The SMILES string of the molecule is C/C=C(\O)C(=O)N1CC2CCC(NC(=O)C(=O)N(C)C)(CC2)C1=NC. The molecule has 0 aromatic heterocycles. The first-order valence-corrected chi connectivity index (χ1v) is 8.44. The molecule has 8 nitrogen and oxygen atoms in total. The van der Waals surface area contributed by atoms with E-state index in [1.807, 2.05) is 0 Å². The zero-order chi connectivity index (χ0) is 18.8. The Morgan fingerprint density at radius 2 is 1.92 bits per heavy atom. The standard InChI is InChI=1S/C17H26N4O4/c1-5-12(22)14(24)21-10-11-6-8-17(9-7-11,16(21)18-2)19-13(23)15(25)20(3)4/h5,11,22H,6-10H2,1-4H3,(H,19,23)/b12-5-,18-16?. The van der Waals surface area contributed by atoms with Crippen molar-refractivity contribution in [1.29, 1.82) is 0 Å². The number of hydrogen-bond donors (Lipinski definition) is 2. The average Bonchev–Trinajstić information content (AvgIpc) is 2.84.